The largest absolute Gasteiger partial charge is 0.356 e. The van der Waals surface area contributed by atoms with Crippen molar-refractivity contribution in [2.24, 2.45) is 11.8 Å². The molecule has 4 nitrogen and oxygen atoms in total. The summed E-state index contributed by atoms with van der Waals surface area (Å²) in [4.78, 5) is 16.3. The number of hydrogen-bond acceptors (Lipinski definition) is 2. The van der Waals surface area contributed by atoms with Crippen molar-refractivity contribution in [2.75, 3.05) is 6.54 Å². The number of hydrogen-bond donors (Lipinski definition) is 1. The van der Waals surface area contributed by atoms with Crippen LogP contribution in [0.25, 0.3) is 11.0 Å². The third kappa shape index (κ3) is 2.55. The summed E-state index contributed by atoms with van der Waals surface area (Å²) in [5.41, 5.74) is 2.22. The van der Waals surface area contributed by atoms with Gasteiger partial charge in [-0.3, -0.25) is 4.79 Å². The average Bonchev–Trinajstić information content (AvgIpc) is 3.08. The second kappa shape index (κ2) is 5.27. The van der Waals surface area contributed by atoms with Gasteiger partial charge in [0.25, 0.3) is 0 Å². The fourth-order valence-electron chi connectivity index (χ4n) is 2.75. The molecule has 106 valence electrons. The highest BCUT2D eigenvalue weighted by Crippen LogP contribution is 2.37. The van der Waals surface area contributed by atoms with E-state index in [4.69, 9.17) is 0 Å². The van der Waals surface area contributed by atoms with Crippen molar-refractivity contribution in [3.8, 4) is 0 Å². The lowest BCUT2D eigenvalue weighted by molar-refractivity contribution is -0.122. The Balaban J connectivity index is 1.55. The summed E-state index contributed by atoms with van der Waals surface area (Å²) in [6, 6.07) is 8.18. The lowest BCUT2D eigenvalue weighted by Crippen LogP contribution is -2.27. The first-order valence-electron chi connectivity index (χ1n) is 7.36. The van der Waals surface area contributed by atoms with Gasteiger partial charge in [0.15, 0.2) is 0 Å². The van der Waals surface area contributed by atoms with Gasteiger partial charge in [0.05, 0.1) is 11.0 Å². The Labute approximate surface area is 119 Å². The lowest BCUT2D eigenvalue weighted by atomic mass is 10.3. The molecule has 1 aliphatic carbocycles. The maximum atomic E-state index is 11.7. The van der Waals surface area contributed by atoms with Gasteiger partial charge in [-0.25, -0.2) is 4.98 Å². The van der Waals surface area contributed by atoms with Gasteiger partial charge in [0, 0.05) is 19.0 Å². The predicted octanol–water partition coefficient (Wildman–Crippen LogP) is 2.51. The monoisotopic (exact) mass is 271 g/mol. The molecule has 3 rings (SSSR count). The number of amides is 1. The predicted molar refractivity (Wildman–Crippen MR) is 79.4 cm³/mol. The molecular weight excluding hydrogens is 250 g/mol. The molecule has 1 heterocycles. The number of rotatable bonds is 5. The molecule has 1 amide bonds. The van der Waals surface area contributed by atoms with Gasteiger partial charge in [-0.05, 0) is 37.8 Å². The Morgan fingerprint density at radius 3 is 2.95 bits per heavy atom. The van der Waals surface area contributed by atoms with Gasteiger partial charge in [0.1, 0.15) is 5.82 Å². The van der Waals surface area contributed by atoms with Crippen LogP contribution in [0.2, 0.25) is 0 Å². The Kier molecular flexibility index (Phi) is 3.47. The highest BCUT2D eigenvalue weighted by molar-refractivity contribution is 5.81. The first kappa shape index (κ1) is 13.2. The third-order valence-corrected chi connectivity index (χ3v) is 4.15. The summed E-state index contributed by atoms with van der Waals surface area (Å²) in [6.45, 7) is 5.80. The normalized spacial score (nSPS) is 21.1. The SMILES string of the molecule is Cc1nc2ccccc2n1CCCNC(=O)[C@H]1C[C@@H]1C. The number of aromatic nitrogens is 2. The van der Waals surface area contributed by atoms with Crippen LogP contribution in [0.4, 0.5) is 0 Å². The Morgan fingerprint density at radius 1 is 1.45 bits per heavy atom. The molecule has 1 fully saturated rings. The van der Waals surface area contributed by atoms with Crippen LogP contribution in [-0.4, -0.2) is 22.0 Å². The Bertz CT molecular complexity index is 632. The molecule has 0 aliphatic heterocycles. The molecule has 2 atom stereocenters. The van der Waals surface area contributed by atoms with Crippen LogP contribution in [-0.2, 0) is 11.3 Å². The summed E-state index contributed by atoms with van der Waals surface area (Å²) in [7, 11) is 0. The molecule has 1 N–H and O–H groups in total. The number of imidazole rings is 1. The maximum Gasteiger partial charge on any atom is 0.223 e. The first-order chi connectivity index (χ1) is 9.66. The summed E-state index contributed by atoms with van der Waals surface area (Å²) < 4.78 is 2.22. The molecule has 1 aliphatic rings. The standard InChI is InChI=1S/C16H21N3O/c1-11-10-13(11)16(20)17-8-5-9-19-12(2)18-14-6-3-4-7-15(14)19/h3-4,6-7,11,13H,5,8-10H2,1-2H3,(H,17,20)/t11-,13-/m0/s1. The van der Waals surface area contributed by atoms with Crippen LogP contribution < -0.4 is 5.32 Å². The van der Waals surface area contributed by atoms with E-state index in [1.807, 2.05) is 25.1 Å². The third-order valence-electron chi connectivity index (χ3n) is 4.15. The summed E-state index contributed by atoms with van der Waals surface area (Å²) in [5, 5.41) is 3.03. The summed E-state index contributed by atoms with van der Waals surface area (Å²) in [6.07, 6.45) is 1.99. The molecule has 0 saturated heterocycles. The molecule has 2 aromatic rings. The molecule has 20 heavy (non-hydrogen) atoms. The molecule has 4 heteroatoms. The van der Waals surface area contributed by atoms with Crippen LogP contribution in [0, 0.1) is 18.8 Å². The van der Waals surface area contributed by atoms with Crippen LogP contribution in [0.3, 0.4) is 0 Å². The number of nitrogens with one attached hydrogen (secondary N) is 1. The van der Waals surface area contributed by atoms with Crippen molar-refractivity contribution in [1.29, 1.82) is 0 Å². The minimum atomic E-state index is 0.227. The summed E-state index contributed by atoms with van der Waals surface area (Å²) >= 11 is 0. The highest BCUT2D eigenvalue weighted by Gasteiger charge is 2.38. The Hall–Kier alpha value is -1.84. The maximum absolute atomic E-state index is 11.7. The average molecular weight is 271 g/mol. The van der Waals surface area contributed by atoms with Crippen molar-refractivity contribution in [1.82, 2.24) is 14.9 Å². The van der Waals surface area contributed by atoms with E-state index in [9.17, 15) is 4.79 Å². The molecule has 0 radical (unpaired) electrons. The van der Waals surface area contributed by atoms with E-state index < -0.39 is 0 Å². The van der Waals surface area contributed by atoms with E-state index >= 15 is 0 Å². The zero-order chi connectivity index (χ0) is 14.1. The number of aryl methyl sites for hydroxylation is 2. The van der Waals surface area contributed by atoms with E-state index in [1.54, 1.807) is 0 Å². The van der Waals surface area contributed by atoms with Crippen molar-refractivity contribution >= 4 is 16.9 Å². The minimum absolute atomic E-state index is 0.227. The molecule has 1 aromatic carbocycles. The molecular formula is C16H21N3O. The molecule has 0 spiro atoms. The number of carbonyl (C=O) groups is 1. The smallest absolute Gasteiger partial charge is 0.223 e. The number of carbonyl (C=O) groups excluding carboxylic acids is 1. The lowest BCUT2D eigenvalue weighted by Gasteiger charge is -2.08. The van der Waals surface area contributed by atoms with Crippen LogP contribution in [0.1, 0.15) is 25.6 Å². The first-order valence-corrected chi connectivity index (χ1v) is 7.36. The highest BCUT2D eigenvalue weighted by atomic mass is 16.2. The number of para-hydroxylation sites is 2. The van der Waals surface area contributed by atoms with Crippen molar-refractivity contribution in [3.63, 3.8) is 0 Å². The molecule has 0 unspecified atom stereocenters. The fraction of sp³-hybridized carbons (Fsp3) is 0.500. The zero-order valence-corrected chi connectivity index (χ0v) is 12.1. The van der Waals surface area contributed by atoms with Gasteiger partial charge in [-0.15, -0.1) is 0 Å². The molecule has 1 aromatic heterocycles. The second-order valence-corrected chi connectivity index (χ2v) is 5.76. The van der Waals surface area contributed by atoms with Gasteiger partial charge in [-0.2, -0.15) is 0 Å². The molecule has 0 bridgehead atoms. The van der Waals surface area contributed by atoms with Crippen LogP contribution in [0.5, 0.6) is 0 Å². The van der Waals surface area contributed by atoms with Crippen LogP contribution >= 0.6 is 0 Å². The van der Waals surface area contributed by atoms with Crippen molar-refractivity contribution in [2.45, 2.75) is 33.2 Å². The topological polar surface area (TPSA) is 46.9 Å². The quantitative estimate of drug-likeness (QED) is 0.849. The minimum Gasteiger partial charge on any atom is -0.356 e. The van der Waals surface area contributed by atoms with E-state index in [2.05, 4.69) is 27.9 Å². The van der Waals surface area contributed by atoms with Gasteiger partial charge in [-0.1, -0.05) is 19.1 Å². The van der Waals surface area contributed by atoms with Crippen molar-refractivity contribution in [3.05, 3.63) is 30.1 Å². The number of nitrogens with zero attached hydrogens (tertiary/aromatic N) is 2. The number of benzene rings is 1. The van der Waals surface area contributed by atoms with Gasteiger partial charge < -0.3 is 9.88 Å². The van der Waals surface area contributed by atoms with Gasteiger partial charge in [0.2, 0.25) is 5.91 Å². The van der Waals surface area contributed by atoms with Crippen LogP contribution in [0.15, 0.2) is 24.3 Å². The number of fused-ring (bicyclic) bond motifs is 1. The zero-order valence-electron chi connectivity index (χ0n) is 12.1. The molecule has 1 saturated carbocycles. The van der Waals surface area contributed by atoms with E-state index in [0.717, 1.165) is 37.3 Å². The Morgan fingerprint density at radius 2 is 2.20 bits per heavy atom. The van der Waals surface area contributed by atoms with E-state index in [0.29, 0.717) is 5.92 Å². The summed E-state index contributed by atoms with van der Waals surface area (Å²) in [5.74, 6) is 2.11. The van der Waals surface area contributed by atoms with Crippen molar-refractivity contribution < 1.29 is 4.79 Å². The fourth-order valence-corrected chi connectivity index (χ4v) is 2.75. The second-order valence-electron chi connectivity index (χ2n) is 5.76. The van der Waals surface area contributed by atoms with E-state index in [1.165, 1.54) is 5.52 Å². The van der Waals surface area contributed by atoms with Gasteiger partial charge >= 0.3 is 0 Å². The van der Waals surface area contributed by atoms with E-state index in [-0.39, 0.29) is 11.8 Å².